The first kappa shape index (κ1) is 13.3. The van der Waals surface area contributed by atoms with E-state index in [4.69, 9.17) is 4.74 Å². The van der Waals surface area contributed by atoms with E-state index in [1.807, 2.05) is 0 Å². The van der Waals surface area contributed by atoms with Gasteiger partial charge in [0.05, 0.1) is 7.11 Å². The van der Waals surface area contributed by atoms with Crippen LogP contribution >= 0.6 is 15.9 Å². The molecule has 0 radical (unpaired) electrons. The first-order valence-electron chi connectivity index (χ1n) is 6.92. The number of halogens is 1. The van der Waals surface area contributed by atoms with E-state index in [1.165, 1.54) is 32.4 Å². The number of aromatic nitrogens is 1. The molecule has 3 rings (SSSR count). The zero-order valence-corrected chi connectivity index (χ0v) is 12.8. The molecule has 1 aliphatic heterocycles. The Bertz CT molecular complexity index is 450. The summed E-state index contributed by atoms with van der Waals surface area (Å²) in [6.07, 6.45) is 5.82. The number of hydrogen-bond acceptors (Lipinski definition) is 4. The zero-order valence-electron chi connectivity index (χ0n) is 11.2. The molecule has 1 saturated heterocycles. The van der Waals surface area contributed by atoms with Gasteiger partial charge in [-0.15, -0.1) is 0 Å². The van der Waals surface area contributed by atoms with E-state index >= 15 is 0 Å². The summed E-state index contributed by atoms with van der Waals surface area (Å²) >= 11 is 3.46. The average molecular weight is 326 g/mol. The summed E-state index contributed by atoms with van der Waals surface area (Å²) in [5, 5.41) is 3.63. The molecule has 0 bridgehead atoms. The summed E-state index contributed by atoms with van der Waals surface area (Å²) in [4.78, 5) is 6.89. The molecule has 0 amide bonds. The Kier molecular flexibility index (Phi) is 4.05. The molecule has 19 heavy (non-hydrogen) atoms. The second kappa shape index (κ2) is 5.77. The molecule has 1 unspecified atom stereocenters. The molecule has 1 atom stereocenters. The first-order valence-corrected chi connectivity index (χ1v) is 7.71. The van der Waals surface area contributed by atoms with Gasteiger partial charge in [0.15, 0.2) is 0 Å². The van der Waals surface area contributed by atoms with Gasteiger partial charge in [0.25, 0.3) is 0 Å². The molecule has 2 aliphatic rings. The topological polar surface area (TPSA) is 37.4 Å². The van der Waals surface area contributed by atoms with Crippen LogP contribution in [0.25, 0.3) is 0 Å². The van der Waals surface area contributed by atoms with Crippen LogP contribution in [0.15, 0.2) is 16.7 Å². The molecule has 2 heterocycles. The predicted octanol–water partition coefficient (Wildman–Crippen LogP) is 2.18. The SMILES string of the molecule is COc1ncc(Br)cc1CNC1CCN(C2CC2)C1. The van der Waals surface area contributed by atoms with E-state index < -0.39 is 0 Å². The van der Waals surface area contributed by atoms with Gasteiger partial charge in [-0.25, -0.2) is 4.98 Å². The second-order valence-electron chi connectivity index (χ2n) is 5.41. The zero-order chi connectivity index (χ0) is 13.2. The van der Waals surface area contributed by atoms with Gasteiger partial charge in [-0.05, 0) is 41.3 Å². The molecule has 1 saturated carbocycles. The van der Waals surface area contributed by atoms with E-state index in [2.05, 4.69) is 37.2 Å². The smallest absolute Gasteiger partial charge is 0.217 e. The van der Waals surface area contributed by atoms with Crippen LogP contribution in [0.5, 0.6) is 5.88 Å². The monoisotopic (exact) mass is 325 g/mol. The Balaban J connectivity index is 1.55. The van der Waals surface area contributed by atoms with Crippen LogP contribution in [0, 0.1) is 0 Å². The van der Waals surface area contributed by atoms with Crippen molar-refractivity contribution < 1.29 is 4.74 Å². The number of nitrogens with one attached hydrogen (secondary N) is 1. The lowest BCUT2D eigenvalue weighted by Crippen LogP contribution is -2.33. The highest BCUT2D eigenvalue weighted by Gasteiger charge is 2.34. The Morgan fingerprint density at radius 1 is 1.47 bits per heavy atom. The third kappa shape index (κ3) is 3.27. The molecule has 0 spiro atoms. The van der Waals surface area contributed by atoms with Crippen LogP contribution in [0.2, 0.25) is 0 Å². The Morgan fingerprint density at radius 2 is 2.32 bits per heavy atom. The van der Waals surface area contributed by atoms with Gasteiger partial charge in [-0.2, -0.15) is 0 Å². The lowest BCUT2D eigenvalue weighted by atomic mass is 10.2. The standard InChI is InChI=1S/C14H20BrN3O/c1-19-14-10(6-11(15)8-17-14)7-16-12-4-5-18(9-12)13-2-3-13/h6,8,12-13,16H,2-5,7,9H2,1H3. The number of ether oxygens (including phenoxy) is 1. The highest BCUT2D eigenvalue weighted by molar-refractivity contribution is 9.10. The van der Waals surface area contributed by atoms with E-state index in [0.717, 1.165) is 22.6 Å². The molecule has 1 aromatic rings. The Hall–Kier alpha value is -0.650. The summed E-state index contributed by atoms with van der Waals surface area (Å²) in [6, 6.07) is 3.56. The van der Waals surface area contributed by atoms with Crippen molar-refractivity contribution in [1.29, 1.82) is 0 Å². The summed E-state index contributed by atoms with van der Waals surface area (Å²) in [5.41, 5.74) is 1.11. The fourth-order valence-electron chi connectivity index (χ4n) is 2.76. The lowest BCUT2D eigenvalue weighted by Gasteiger charge is -2.16. The van der Waals surface area contributed by atoms with Crippen LogP contribution in [0.1, 0.15) is 24.8 Å². The van der Waals surface area contributed by atoms with Crippen LogP contribution in [-0.4, -0.2) is 42.2 Å². The molecule has 104 valence electrons. The molecular formula is C14H20BrN3O. The highest BCUT2D eigenvalue weighted by Crippen LogP contribution is 2.30. The predicted molar refractivity (Wildman–Crippen MR) is 78.3 cm³/mol. The van der Waals surface area contributed by atoms with Crippen molar-refractivity contribution in [3.05, 3.63) is 22.3 Å². The van der Waals surface area contributed by atoms with Crippen molar-refractivity contribution in [2.75, 3.05) is 20.2 Å². The summed E-state index contributed by atoms with van der Waals surface area (Å²) in [6.45, 7) is 3.25. The van der Waals surface area contributed by atoms with Crippen molar-refractivity contribution in [2.45, 2.75) is 37.9 Å². The fraction of sp³-hybridized carbons (Fsp3) is 0.643. The number of hydrogen-bond donors (Lipinski definition) is 1. The third-order valence-electron chi connectivity index (χ3n) is 3.95. The first-order chi connectivity index (χ1) is 9.26. The molecule has 1 N–H and O–H groups in total. The number of rotatable bonds is 5. The molecule has 5 heteroatoms. The lowest BCUT2D eigenvalue weighted by molar-refractivity contribution is 0.317. The fourth-order valence-corrected chi connectivity index (χ4v) is 3.14. The summed E-state index contributed by atoms with van der Waals surface area (Å²) < 4.78 is 6.30. The van der Waals surface area contributed by atoms with Crippen molar-refractivity contribution >= 4 is 15.9 Å². The van der Waals surface area contributed by atoms with Gasteiger partial charge in [0.1, 0.15) is 0 Å². The molecule has 0 aromatic carbocycles. The molecule has 1 aliphatic carbocycles. The van der Waals surface area contributed by atoms with Crippen LogP contribution < -0.4 is 10.1 Å². The maximum absolute atomic E-state index is 5.30. The second-order valence-corrected chi connectivity index (χ2v) is 6.33. The quantitative estimate of drug-likeness (QED) is 0.900. The number of nitrogens with zero attached hydrogens (tertiary/aromatic N) is 2. The minimum absolute atomic E-state index is 0.601. The van der Waals surface area contributed by atoms with Gasteiger partial charge in [0, 0.05) is 48.0 Å². The molecule has 4 nitrogen and oxygen atoms in total. The van der Waals surface area contributed by atoms with Crippen molar-refractivity contribution in [3.8, 4) is 5.88 Å². The van der Waals surface area contributed by atoms with Gasteiger partial charge >= 0.3 is 0 Å². The number of pyridine rings is 1. The van der Waals surface area contributed by atoms with Gasteiger partial charge in [-0.1, -0.05) is 0 Å². The normalized spacial score (nSPS) is 23.8. The van der Waals surface area contributed by atoms with Crippen LogP contribution in [-0.2, 0) is 6.54 Å². The van der Waals surface area contributed by atoms with E-state index in [-0.39, 0.29) is 0 Å². The molecule has 1 aromatic heterocycles. The largest absolute Gasteiger partial charge is 0.481 e. The van der Waals surface area contributed by atoms with Crippen molar-refractivity contribution in [2.24, 2.45) is 0 Å². The van der Waals surface area contributed by atoms with Crippen molar-refractivity contribution in [1.82, 2.24) is 15.2 Å². The van der Waals surface area contributed by atoms with Crippen LogP contribution in [0.3, 0.4) is 0 Å². The van der Waals surface area contributed by atoms with Gasteiger partial charge in [0.2, 0.25) is 5.88 Å². The number of methoxy groups -OCH3 is 1. The van der Waals surface area contributed by atoms with Gasteiger partial charge in [-0.3, -0.25) is 4.90 Å². The molecular weight excluding hydrogens is 306 g/mol. The minimum atomic E-state index is 0.601. The molecule has 2 fully saturated rings. The maximum atomic E-state index is 5.30. The van der Waals surface area contributed by atoms with E-state index in [1.54, 1.807) is 13.3 Å². The highest BCUT2D eigenvalue weighted by atomic mass is 79.9. The third-order valence-corrected chi connectivity index (χ3v) is 4.38. The minimum Gasteiger partial charge on any atom is -0.481 e. The van der Waals surface area contributed by atoms with E-state index in [9.17, 15) is 0 Å². The average Bonchev–Trinajstić information content (AvgIpc) is 3.16. The van der Waals surface area contributed by atoms with Crippen LogP contribution in [0.4, 0.5) is 0 Å². The Morgan fingerprint density at radius 3 is 3.05 bits per heavy atom. The Labute approximate surface area is 122 Å². The number of likely N-dealkylation sites (tertiary alicyclic amines) is 1. The van der Waals surface area contributed by atoms with Gasteiger partial charge < -0.3 is 10.1 Å². The maximum Gasteiger partial charge on any atom is 0.217 e. The summed E-state index contributed by atoms with van der Waals surface area (Å²) in [7, 11) is 1.67. The van der Waals surface area contributed by atoms with Crippen molar-refractivity contribution in [3.63, 3.8) is 0 Å². The van der Waals surface area contributed by atoms with E-state index in [0.29, 0.717) is 11.9 Å². The summed E-state index contributed by atoms with van der Waals surface area (Å²) in [5.74, 6) is 0.716.